The summed E-state index contributed by atoms with van der Waals surface area (Å²) in [5.74, 6) is 0.462. The van der Waals surface area contributed by atoms with Gasteiger partial charge in [-0.05, 0) is 25.8 Å². The zero-order valence-electron chi connectivity index (χ0n) is 9.19. The summed E-state index contributed by atoms with van der Waals surface area (Å²) in [5, 5.41) is 9.76. The number of hydrogen-bond acceptors (Lipinski definition) is 3. The third-order valence-electron chi connectivity index (χ3n) is 3.63. The number of thioether (sulfide) groups is 1. The fourth-order valence-electron chi connectivity index (χ4n) is 2.45. The average molecular weight is 229 g/mol. The third kappa shape index (κ3) is 2.48. The van der Waals surface area contributed by atoms with Crippen molar-refractivity contribution in [3.63, 3.8) is 0 Å². The van der Waals surface area contributed by atoms with Crippen LogP contribution in [0.4, 0.5) is 0 Å². The van der Waals surface area contributed by atoms with Gasteiger partial charge < -0.3 is 5.11 Å². The lowest BCUT2D eigenvalue weighted by Crippen LogP contribution is -2.50. The van der Waals surface area contributed by atoms with Crippen molar-refractivity contribution in [1.29, 1.82) is 0 Å². The molecule has 1 aliphatic heterocycles. The Hall–Kier alpha value is -0.220. The molecule has 0 amide bonds. The highest BCUT2D eigenvalue weighted by atomic mass is 32.2. The lowest BCUT2D eigenvalue weighted by molar-refractivity contribution is -0.148. The number of hydrogen-bond donors (Lipinski definition) is 1. The number of carboxylic acid groups (broad SMARTS) is 1. The minimum atomic E-state index is -0.601. The molecule has 0 aromatic rings. The van der Waals surface area contributed by atoms with Gasteiger partial charge in [-0.15, -0.1) is 0 Å². The van der Waals surface area contributed by atoms with E-state index in [1.807, 2.05) is 11.8 Å². The van der Waals surface area contributed by atoms with Crippen LogP contribution < -0.4 is 0 Å². The van der Waals surface area contributed by atoms with Gasteiger partial charge in [0.25, 0.3) is 0 Å². The minimum absolute atomic E-state index is 0.0941. The molecule has 1 saturated carbocycles. The van der Waals surface area contributed by atoms with Gasteiger partial charge in [-0.3, -0.25) is 9.69 Å². The van der Waals surface area contributed by atoms with Gasteiger partial charge in [-0.25, -0.2) is 0 Å². The molecule has 2 rings (SSSR count). The van der Waals surface area contributed by atoms with Gasteiger partial charge in [0.1, 0.15) is 0 Å². The molecule has 0 spiro atoms. The van der Waals surface area contributed by atoms with E-state index in [0.29, 0.717) is 6.04 Å². The molecule has 2 aliphatic rings. The Kier molecular flexibility index (Phi) is 3.57. The van der Waals surface area contributed by atoms with Crippen molar-refractivity contribution in [2.75, 3.05) is 18.8 Å². The van der Waals surface area contributed by atoms with Gasteiger partial charge >= 0.3 is 5.97 Å². The van der Waals surface area contributed by atoms with E-state index in [-0.39, 0.29) is 5.92 Å². The van der Waals surface area contributed by atoms with Crippen LogP contribution in [-0.2, 0) is 4.79 Å². The van der Waals surface area contributed by atoms with Crippen LogP contribution >= 0.6 is 11.8 Å². The number of rotatable bonds is 2. The smallest absolute Gasteiger partial charge is 0.308 e. The van der Waals surface area contributed by atoms with E-state index in [1.165, 1.54) is 6.42 Å². The van der Waals surface area contributed by atoms with E-state index >= 15 is 0 Å². The molecule has 2 fully saturated rings. The number of carbonyl (C=O) groups is 1. The molecule has 1 aliphatic carbocycles. The van der Waals surface area contributed by atoms with Gasteiger partial charge in [-0.2, -0.15) is 11.8 Å². The first-order valence-corrected chi connectivity index (χ1v) is 6.82. The predicted molar refractivity (Wildman–Crippen MR) is 62.3 cm³/mol. The maximum Gasteiger partial charge on any atom is 0.308 e. The molecular weight excluding hydrogens is 210 g/mol. The molecule has 3 nitrogen and oxygen atoms in total. The number of carboxylic acids is 1. The summed E-state index contributed by atoms with van der Waals surface area (Å²) in [5.41, 5.74) is 0. The number of nitrogens with zero attached hydrogens (tertiary/aromatic N) is 1. The van der Waals surface area contributed by atoms with E-state index in [4.69, 9.17) is 5.11 Å². The minimum Gasteiger partial charge on any atom is -0.481 e. The van der Waals surface area contributed by atoms with Crippen LogP contribution in [0.15, 0.2) is 0 Å². The van der Waals surface area contributed by atoms with Crippen molar-refractivity contribution in [2.24, 2.45) is 5.92 Å². The summed E-state index contributed by atoms with van der Waals surface area (Å²) in [6.07, 6.45) is 3.16. The van der Waals surface area contributed by atoms with Crippen LogP contribution in [0, 0.1) is 5.92 Å². The van der Waals surface area contributed by atoms with E-state index in [0.717, 1.165) is 36.9 Å². The van der Waals surface area contributed by atoms with Gasteiger partial charge in [0, 0.05) is 23.6 Å². The molecule has 0 aromatic heterocycles. The standard InChI is InChI=1S/C11H19NO2S/c1-8-4-5-12(6-7-15-8)10-3-2-9(10)11(13)14/h8-10H,2-7H2,1H3,(H,13,14). The highest BCUT2D eigenvalue weighted by Gasteiger charge is 2.40. The second-order valence-electron chi connectivity index (χ2n) is 4.60. The summed E-state index contributed by atoms with van der Waals surface area (Å²) in [6.45, 7) is 4.43. The zero-order valence-corrected chi connectivity index (χ0v) is 10.0. The lowest BCUT2D eigenvalue weighted by Gasteiger charge is -2.41. The van der Waals surface area contributed by atoms with Crippen molar-refractivity contribution < 1.29 is 9.90 Å². The van der Waals surface area contributed by atoms with E-state index in [1.54, 1.807) is 0 Å². The number of aliphatic carboxylic acids is 1. The van der Waals surface area contributed by atoms with Crippen LogP contribution in [0.3, 0.4) is 0 Å². The molecule has 0 aromatic carbocycles. The summed E-state index contributed by atoms with van der Waals surface area (Å²) in [6, 6.07) is 0.327. The Bertz CT molecular complexity index is 247. The highest BCUT2D eigenvalue weighted by molar-refractivity contribution is 7.99. The molecule has 0 radical (unpaired) electrons. The van der Waals surface area contributed by atoms with Crippen LogP contribution in [-0.4, -0.2) is 46.1 Å². The molecule has 86 valence electrons. The second kappa shape index (κ2) is 4.74. The van der Waals surface area contributed by atoms with Gasteiger partial charge in [-0.1, -0.05) is 6.92 Å². The fraction of sp³-hybridized carbons (Fsp3) is 0.909. The van der Waals surface area contributed by atoms with Gasteiger partial charge in [0.05, 0.1) is 5.92 Å². The molecule has 4 heteroatoms. The molecule has 1 N–H and O–H groups in total. The van der Waals surface area contributed by atoms with E-state index in [2.05, 4.69) is 11.8 Å². The molecule has 1 saturated heterocycles. The Labute approximate surface area is 95.2 Å². The predicted octanol–water partition coefficient (Wildman–Crippen LogP) is 1.68. The monoisotopic (exact) mass is 229 g/mol. The highest BCUT2D eigenvalue weighted by Crippen LogP contribution is 2.34. The fourth-order valence-corrected chi connectivity index (χ4v) is 3.47. The Morgan fingerprint density at radius 2 is 2.13 bits per heavy atom. The Balaban J connectivity index is 1.90. The summed E-state index contributed by atoms with van der Waals surface area (Å²) in [7, 11) is 0. The van der Waals surface area contributed by atoms with Crippen molar-refractivity contribution in [3.8, 4) is 0 Å². The maximum atomic E-state index is 11.0. The summed E-state index contributed by atoms with van der Waals surface area (Å²) < 4.78 is 0. The first-order chi connectivity index (χ1) is 7.18. The van der Waals surface area contributed by atoms with Crippen LogP contribution in [0.2, 0.25) is 0 Å². The van der Waals surface area contributed by atoms with Crippen molar-refractivity contribution >= 4 is 17.7 Å². The molecule has 1 heterocycles. The van der Waals surface area contributed by atoms with Crippen LogP contribution in [0.25, 0.3) is 0 Å². The zero-order chi connectivity index (χ0) is 10.8. The maximum absolute atomic E-state index is 11.0. The van der Waals surface area contributed by atoms with Crippen molar-refractivity contribution in [1.82, 2.24) is 4.90 Å². The first kappa shape index (κ1) is 11.3. The molecule has 15 heavy (non-hydrogen) atoms. The largest absolute Gasteiger partial charge is 0.481 e. The summed E-state index contributed by atoms with van der Waals surface area (Å²) >= 11 is 2.02. The Morgan fingerprint density at radius 1 is 1.33 bits per heavy atom. The van der Waals surface area contributed by atoms with E-state index < -0.39 is 5.97 Å². The van der Waals surface area contributed by atoms with Crippen LogP contribution in [0.1, 0.15) is 26.2 Å². The third-order valence-corrected chi connectivity index (χ3v) is 4.85. The quantitative estimate of drug-likeness (QED) is 0.782. The van der Waals surface area contributed by atoms with Crippen molar-refractivity contribution in [3.05, 3.63) is 0 Å². The van der Waals surface area contributed by atoms with Gasteiger partial charge in [0.15, 0.2) is 0 Å². The second-order valence-corrected chi connectivity index (χ2v) is 6.14. The topological polar surface area (TPSA) is 40.5 Å². The van der Waals surface area contributed by atoms with Crippen LogP contribution in [0.5, 0.6) is 0 Å². The molecule has 3 unspecified atom stereocenters. The normalized spacial score (nSPS) is 38.1. The lowest BCUT2D eigenvalue weighted by atomic mass is 9.78. The first-order valence-electron chi connectivity index (χ1n) is 5.77. The molecular formula is C11H19NO2S. The van der Waals surface area contributed by atoms with Gasteiger partial charge in [0.2, 0.25) is 0 Å². The van der Waals surface area contributed by atoms with E-state index in [9.17, 15) is 4.79 Å². The molecule has 3 atom stereocenters. The SMILES string of the molecule is CC1CCN(C2CCC2C(=O)O)CCS1. The molecule has 0 bridgehead atoms. The summed E-state index contributed by atoms with van der Waals surface area (Å²) in [4.78, 5) is 13.4. The average Bonchev–Trinajstić information content (AvgIpc) is 2.28. The Morgan fingerprint density at radius 3 is 2.73 bits per heavy atom. The van der Waals surface area contributed by atoms with Crippen molar-refractivity contribution in [2.45, 2.75) is 37.5 Å².